The maximum Gasteiger partial charge on any atom is 0.0414 e. The number of rotatable bonds is 2. The Morgan fingerprint density at radius 1 is 0.875 bits per heavy atom. The van der Waals surface area contributed by atoms with Crippen LogP contribution in [0.25, 0.3) is 0 Å². The van der Waals surface area contributed by atoms with Gasteiger partial charge < -0.3 is 5.32 Å². The van der Waals surface area contributed by atoms with E-state index in [1.54, 1.807) is 0 Å². The van der Waals surface area contributed by atoms with Gasteiger partial charge in [-0.1, -0.05) is 23.2 Å². The Kier molecular flexibility index (Phi) is 3.37. The topological polar surface area (TPSA) is 12.0 Å². The lowest BCUT2D eigenvalue weighted by atomic mass is 10.2. The lowest BCUT2D eigenvalue weighted by molar-refractivity contribution is 1.43. The third-order valence-corrected chi connectivity index (χ3v) is 2.80. The van der Waals surface area contributed by atoms with Crippen LogP contribution in [0, 0.1) is 6.92 Å². The fourth-order valence-electron chi connectivity index (χ4n) is 1.46. The quantitative estimate of drug-likeness (QED) is 0.788. The van der Waals surface area contributed by atoms with Crippen molar-refractivity contribution in [2.45, 2.75) is 6.92 Å². The first kappa shape index (κ1) is 11.3. The highest BCUT2D eigenvalue weighted by Crippen LogP contribution is 2.24. The van der Waals surface area contributed by atoms with Gasteiger partial charge in [0.2, 0.25) is 0 Å². The van der Waals surface area contributed by atoms with Gasteiger partial charge in [0.1, 0.15) is 0 Å². The molecule has 0 aliphatic rings. The average molecular weight is 252 g/mol. The number of halogens is 2. The molecular formula is C13H11Cl2N. The minimum atomic E-state index is 0.735. The van der Waals surface area contributed by atoms with Gasteiger partial charge >= 0.3 is 0 Å². The number of nitrogens with one attached hydrogen (secondary N) is 1. The summed E-state index contributed by atoms with van der Waals surface area (Å²) in [7, 11) is 0. The molecule has 82 valence electrons. The van der Waals surface area contributed by atoms with Gasteiger partial charge in [-0.25, -0.2) is 0 Å². The van der Waals surface area contributed by atoms with Crippen LogP contribution in [-0.4, -0.2) is 0 Å². The summed E-state index contributed by atoms with van der Waals surface area (Å²) in [4.78, 5) is 0. The van der Waals surface area contributed by atoms with Crippen molar-refractivity contribution in [3.05, 3.63) is 58.1 Å². The van der Waals surface area contributed by atoms with Crippen LogP contribution >= 0.6 is 23.2 Å². The summed E-state index contributed by atoms with van der Waals surface area (Å²) < 4.78 is 0. The van der Waals surface area contributed by atoms with Crippen LogP contribution in [0.3, 0.4) is 0 Å². The molecule has 2 aromatic rings. The highest BCUT2D eigenvalue weighted by molar-refractivity contribution is 6.31. The fourth-order valence-corrected chi connectivity index (χ4v) is 1.81. The second-order valence-corrected chi connectivity index (χ2v) is 4.46. The molecule has 0 spiro atoms. The number of hydrogen-bond acceptors (Lipinski definition) is 1. The SMILES string of the molecule is Cc1cc(Cl)ccc1Nc1ccc(Cl)cc1. The minimum Gasteiger partial charge on any atom is -0.355 e. The Hall–Kier alpha value is -1.18. The fraction of sp³-hybridized carbons (Fsp3) is 0.0769. The van der Waals surface area contributed by atoms with E-state index in [1.165, 1.54) is 0 Å². The van der Waals surface area contributed by atoms with E-state index < -0.39 is 0 Å². The van der Waals surface area contributed by atoms with Gasteiger partial charge in [0.15, 0.2) is 0 Å². The van der Waals surface area contributed by atoms with Crippen LogP contribution in [0.2, 0.25) is 10.0 Å². The Balaban J connectivity index is 2.23. The molecule has 1 nitrogen and oxygen atoms in total. The summed E-state index contributed by atoms with van der Waals surface area (Å²) in [6, 6.07) is 13.4. The molecule has 0 bridgehead atoms. The third kappa shape index (κ3) is 2.69. The van der Waals surface area contributed by atoms with Gasteiger partial charge in [-0.3, -0.25) is 0 Å². The first-order valence-electron chi connectivity index (χ1n) is 4.94. The Morgan fingerprint density at radius 2 is 1.50 bits per heavy atom. The Morgan fingerprint density at radius 3 is 2.12 bits per heavy atom. The summed E-state index contributed by atoms with van der Waals surface area (Å²) in [5, 5.41) is 4.79. The monoisotopic (exact) mass is 251 g/mol. The zero-order valence-corrected chi connectivity index (χ0v) is 10.3. The molecule has 0 atom stereocenters. The van der Waals surface area contributed by atoms with E-state index in [9.17, 15) is 0 Å². The highest BCUT2D eigenvalue weighted by atomic mass is 35.5. The van der Waals surface area contributed by atoms with E-state index in [-0.39, 0.29) is 0 Å². The number of anilines is 2. The molecule has 1 N–H and O–H groups in total. The number of aryl methyl sites for hydroxylation is 1. The second kappa shape index (κ2) is 4.77. The minimum absolute atomic E-state index is 0.735. The molecule has 0 radical (unpaired) electrons. The lowest BCUT2D eigenvalue weighted by Gasteiger charge is -2.09. The largest absolute Gasteiger partial charge is 0.355 e. The number of hydrogen-bond donors (Lipinski definition) is 1. The van der Waals surface area contributed by atoms with Gasteiger partial charge in [-0.15, -0.1) is 0 Å². The van der Waals surface area contributed by atoms with Gasteiger partial charge in [0.05, 0.1) is 0 Å². The van der Waals surface area contributed by atoms with Gasteiger partial charge in [-0.2, -0.15) is 0 Å². The maximum absolute atomic E-state index is 5.90. The van der Waals surface area contributed by atoms with Gasteiger partial charge in [-0.05, 0) is 55.0 Å². The molecule has 2 rings (SSSR count). The molecule has 0 heterocycles. The summed E-state index contributed by atoms with van der Waals surface area (Å²) >= 11 is 11.7. The predicted octanol–water partition coefficient (Wildman–Crippen LogP) is 5.05. The molecule has 2 aromatic carbocycles. The van der Waals surface area contributed by atoms with Crippen molar-refractivity contribution in [2.75, 3.05) is 5.32 Å². The van der Waals surface area contributed by atoms with Crippen LogP contribution < -0.4 is 5.32 Å². The van der Waals surface area contributed by atoms with E-state index in [4.69, 9.17) is 23.2 Å². The van der Waals surface area contributed by atoms with Crippen LogP contribution in [0.1, 0.15) is 5.56 Å². The normalized spacial score (nSPS) is 10.2. The van der Waals surface area contributed by atoms with Crippen LogP contribution in [0.5, 0.6) is 0 Å². The molecule has 0 aromatic heterocycles. The zero-order chi connectivity index (χ0) is 11.5. The van der Waals surface area contributed by atoms with Crippen molar-refractivity contribution in [3.8, 4) is 0 Å². The van der Waals surface area contributed by atoms with E-state index >= 15 is 0 Å². The molecule has 0 saturated carbocycles. The van der Waals surface area contributed by atoms with Crippen molar-refractivity contribution in [1.82, 2.24) is 0 Å². The van der Waals surface area contributed by atoms with Crippen LogP contribution in [0.15, 0.2) is 42.5 Å². The summed E-state index contributed by atoms with van der Waals surface area (Å²) in [5.41, 5.74) is 3.17. The van der Waals surface area contributed by atoms with Gasteiger partial charge in [0.25, 0.3) is 0 Å². The third-order valence-electron chi connectivity index (χ3n) is 2.31. The second-order valence-electron chi connectivity index (χ2n) is 3.59. The summed E-state index contributed by atoms with van der Waals surface area (Å²) in [5.74, 6) is 0. The van der Waals surface area contributed by atoms with Crippen molar-refractivity contribution in [1.29, 1.82) is 0 Å². The van der Waals surface area contributed by atoms with E-state index in [0.717, 1.165) is 27.0 Å². The maximum atomic E-state index is 5.90. The van der Waals surface area contributed by atoms with Gasteiger partial charge in [0, 0.05) is 21.4 Å². The van der Waals surface area contributed by atoms with Crippen molar-refractivity contribution < 1.29 is 0 Å². The summed E-state index contributed by atoms with van der Waals surface area (Å²) in [6.45, 7) is 2.02. The number of benzene rings is 2. The van der Waals surface area contributed by atoms with E-state index in [2.05, 4.69) is 5.32 Å². The van der Waals surface area contributed by atoms with Crippen molar-refractivity contribution in [3.63, 3.8) is 0 Å². The molecule has 3 heteroatoms. The lowest BCUT2D eigenvalue weighted by Crippen LogP contribution is -1.92. The molecule has 0 amide bonds. The smallest absolute Gasteiger partial charge is 0.0414 e. The standard InChI is InChI=1S/C13H11Cl2N/c1-9-8-11(15)4-7-13(9)16-12-5-2-10(14)3-6-12/h2-8,16H,1H3. The molecule has 16 heavy (non-hydrogen) atoms. The Bertz CT molecular complexity index is 492. The van der Waals surface area contributed by atoms with E-state index in [0.29, 0.717) is 0 Å². The molecular weight excluding hydrogens is 241 g/mol. The van der Waals surface area contributed by atoms with E-state index in [1.807, 2.05) is 49.4 Å². The van der Waals surface area contributed by atoms with Crippen LogP contribution in [-0.2, 0) is 0 Å². The molecule has 0 saturated heterocycles. The first-order valence-corrected chi connectivity index (χ1v) is 5.69. The summed E-state index contributed by atoms with van der Waals surface area (Å²) in [6.07, 6.45) is 0. The zero-order valence-electron chi connectivity index (χ0n) is 8.80. The average Bonchev–Trinajstić information content (AvgIpc) is 2.25. The molecule has 0 aliphatic heterocycles. The molecule has 0 fully saturated rings. The molecule has 0 unspecified atom stereocenters. The highest BCUT2D eigenvalue weighted by Gasteiger charge is 1.99. The van der Waals surface area contributed by atoms with Crippen molar-refractivity contribution in [2.24, 2.45) is 0 Å². The van der Waals surface area contributed by atoms with Crippen molar-refractivity contribution >= 4 is 34.6 Å². The molecule has 0 aliphatic carbocycles. The predicted molar refractivity (Wildman–Crippen MR) is 70.9 cm³/mol. The first-order chi connectivity index (χ1) is 7.65. The Labute approximate surface area is 105 Å². The van der Waals surface area contributed by atoms with Crippen LogP contribution in [0.4, 0.5) is 11.4 Å².